The van der Waals surface area contributed by atoms with Crippen molar-refractivity contribution in [2.24, 2.45) is 0 Å². The number of hydrogen-bond donors (Lipinski definition) is 1. The number of phenolic OH excluding ortho intramolecular Hbond substituents is 1. The number of benzene rings is 2. The van der Waals surface area contributed by atoms with E-state index in [1.165, 1.54) is 24.1 Å². The third-order valence-electron chi connectivity index (χ3n) is 5.31. The highest BCUT2D eigenvalue weighted by atomic mass is 31.1. The fraction of sp³-hybridized carbons (Fsp3) is 0.429. The van der Waals surface area contributed by atoms with Gasteiger partial charge < -0.3 is 9.78 Å². The van der Waals surface area contributed by atoms with Gasteiger partial charge in [-0.25, -0.2) is 0 Å². The molecule has 0 aliphatic carbocycles. The maximum Gasteiger partial charge on any atom is 0.126 e. The molecule has 132 valence electrons. The molecule has 0 saturated carbocycles. The molecule has 2 aliphatic rings. The Morgan fingerprint density at radius 2 is 1.84 bits per heavy atom. The predicted octanol–water partition coefficient (Wildman–Crippen LogP) is 4.61. The van der Waals surface area contributed by atoms with Gasteiger partial charge in [-0.15, -0.1) is 0 Å². The average Bonchev–Trinajstić information content (AvgIpc) is 3.16. The van der Waals surface area contributed by atoms with Gasteiger partial charge in [0, 0.05) is 24.8 Å². The Morgan fingerprint density at radius 3 is 2.56 bits per heavy atom. The number of anilines is 1. The van der Waals surface area contributed by atoms with Crippen LogP contribution in [0, 0.1) is 0 Å². The van der Waals surface area contributed by atoms with E-state index in [1.807, 2.05) is 6.07 Å². The zero-order valence-electron chi connectivity index (χ0n) is 15.3. The van der Waals surface area contributed by atoms with Crippen LogP contribution in [0.4, 0.5) is 5.69 Å². The number of para-hydroxylation sites is 1. The maximum absolute atomic E-state index is 10.7. The summed E-state index contributed by atoms with van der Waals surface area (Å²) in [6, 6.07) is 17.5. The van der Waals surface area contributed by atoms with Gasteiger partial charge in [-0.3, -0.25) is 4.67 Å². The van der Waals surface area contributed by atoms with Crippen LogP contribution < -0.4 is 9.97 Å². The fourth-order valence-electron chi connectivity index (χ4n) is 3.90. The van der Waals surface area contributed by atoms with E-state index < -0.39 is 8.22 Å². The molecule has 4 rings (SSSR count). The Labute approximate surface area is 152 Å². The molecular formula is C21H27N2OP. The Bertz CT molecular complexity index is 756. The van der Waals surface area contributed by atoms with Gasteiger partial charge in [0.1, 0.15) is 14.0 Å². The van der Waals surface area contributed by atoms with Crippen molar-refractivity contribution in [3.8, 4) is 5.75 Å². The molecular weight excluding hydrogens is 327 g/mol. The Morgan fingerprint density at radius 1 is 1.08 bits per heavy atom. The molecule has 4 heteroatoms. The van der Waals surface area contributed by atoms with E-state index in [9.17, 15) is 5.11 Å². The topological polar surface area (TPSA) is 26.7 Å². The Hall–Kier alpha value is -1.57. The van der Waals surface area contributed by atoms with Gasteiger partial charge in [-0.1, -0.05) is 45.0 Å². The summed E-state index contributed by atoms with van der Waals surface area (Å²) in [6.45, 7) is 8.91. The minimum Gasteiger partial charge on any atom is -0.507 e. The van der Waals surface area contributed by atoms with Gasteiger partial charge in [0.15, 0.2) is 0 Å². The molecule has 0 aromatic heterocycles. The van der Waals surface area contributed by atoms with Crippen LogP contribution in [0.25, 0.3) is 0 Å². The first-order valence-corrected chi connectivity index (χ1v) is 10.4. The Balaban J connectivity index is 1.80. The van der Waals surface area contributed by atoms with E-state index in [4.69, 9.17) is 0 Å². The summed E-state index contributed by atoms with van der Waals surface area (Å²) in [6.07, 6.45) is 2.54. The van der Waals surface area contributed by atoms with Crippen LogP contribution >= 0.6 is 8.22 Å². The lowest BCUT2D eigenvalue weighted by molar-refractivity contribution is 0.463. The van der Waals surface area contributed by atoms with Gasteiger partial charge in [-0.2, -0.15) is 0 Å². The Kier molecular flexibility index (Phi) is 4.25. The number of hydrogen-bond acceptors (Lipinski definition) is 3. The number of rotatable bonds is 2. The minimum atomic E-state index is -0.688. The molecule has 2 atom stereocenters. The van der Waals surface area contributed by atoms with Gasteiger partial charge in [0.05, 0.1) is 5.30 Å². The molecule has 2 heterocycles. The molecule has 2 aromatic rings. The molecule has 1 N–H and O–H groups in total. The van der Waals surface area contributed by atoms with Crippen LogP contribution in [0.1, 0.15) is 39.2 Å². The van der Waals surface area contributed by atoms with Crippen molar-refractivity contribution in [3.63, 3.8) is 0 Å². The van der Waals surface area contributed by atoms with Crippen molar-refractivity contribution in [2.75, 3.05) is 17.8 Å². The lowest BCUT2D eigenvalue weighted by Gasteiger charge is -2.32. The standard InChI is InChI=1S/C21H27N2OP/c1-21(2,3)16-11-12-19(24)20(14-16)25-22-13-7-10-18(22)15-23(25)17-8-5-4-6-9-17/h4-6,8-9,11-12,14,18,24H,7,10,13,15H2,1-3H3/t18-,25?/m0/s1. The molecule has 2 saturated heterocycles. The van der Waals surface area contributed by atoms with Crippen molar-refractivity contribution in [2.45, 2.75) is 45.1 Å². The van der Waals surface area contributed by atoms with E-state index in [0.717, 1.165) is 18.4 Å². The van der Waals surface area contributed by atoms with Crippen LogP contribution in [-0.2, 0) is 5.41 Å². The SMILES string of the molecule is CC(C)(C)c1ccc(O)c(P2N(c3ccccc3)C[C@@H]3CCCN32)c1. The lowest BCUT2D eigenvalue weighted by atomic mass is 9.87. The van der Waals surface area contributed by atoms with E-state index in [2.05, 4.69) is 72.6 Å². The molecule has 2 aromatic carbocycles. The molecule has 2 aliphatic heterocycles. The summed E-state index contributed by atoms with van der Waals surface area (Å²) in [5, 5.41) is 11.8. The largest absolute Gasteiger partial charge is 0.507 e. The monoisotopic (exact) mass is 354 g/mol. The van der Waals surface area contributed by atoms with Crippen molar-refractivity contribution in [3.05, 3.63) is 54.1 Å². The third kappa shape index (κ3) is 3.05. The number of phenols is 1. The summed E-state index contributed by atoms with van der Waals surface area (Å²) in [5.41, 5.74) is 2.64. The third-order valence-corrected chi connectivity index (χ3v) is 7.97. The van der Waals surface area contributed by atoms with Crippen LogP contribution in [0.2, 0.25) is 0 Å². The average molecular weight is 354 g/mol. The summed E-state index contributed by atoms with van der Waals surface area (Å²) >= 11 is 0. The van der Waals surface area contributed by atoms with Crippen LogP contribution in [0.15, 0.2) is 48.5 Å². The molecule has 0 spiro atoms. The maximum atomic E-state index is 10.7. The quantitative estimate of drug-likeness (QED) is 0.798. The zero-order valence-corrected chi connectivity index (χ0v) is 16.2. The molecule has 0 bridgehead atoms. The highest BCUT2D eigenvalue weighted by Gasteiger charge is 2.44. The first-order chi connectivity index (χ1) is 11.9. The highest BCUT2D eigenvalue weighted by molar-refractivity contribution is 7.65. The van der Waals surface area contributed by atoms with E-state index >= 15 is 0 Å². The molecule has 1 unspecified atom stereocenters. The van der Waals surface area contributed by atoms with E-state index in [0.29, 0.717) is 11.8 Å². The second-order valence-corrected chi connectivity index (χ2v) is 10.2. The first-order valence-electron chi connectivity index (χ1n) is 9.18. The van der Waals surface area contributed by atoms with Crippen LogP contribution in [0.3, 0.4) is 0 Å². The molecule has 3 nitrogen and oxygen atoms in total. The van der Waals surface area contributed by atoms with Crippen molar-refractivity contribution >= 4 is 19.2 Å². The second kappa shape index (κ2) is 6.30. The van der Waals surface area contributed by atoms with Crippen molar-refractivity contribution in [1.29, 1.82) is 0 Å². The normalized spacial score (nSPS) is 23.9. The zero-order chi connectivity index (χ0) is 17.6. The predicted molar refractivity (Wildman–Crippen MR) is 107 cm³/mol. The summed E-state index contributed by atoms with van der Waals surface area (Å²) in [4.78, 5) is 0. The van der Waals surface area contributed by atoms with Gasteiger partial charge in [-0.05, 0) is 48.1 Å². The van der Waals surface area contributed by atoms with E-state index in [1.54, 1.807) is 0 Å². The smallest absolute Gasteiger partial charge is 0.126 e. The van der Waals surface area contributed by atoms with Gasteiger partial charge >= 0.3 is 0 Å². The van der Waals surface area contributed by atoms with E-state index in [-0.39, 0.29) is 5.41 Å². The number of nitrogens with zero attached hydrogens (tertiary/aromatic N) is 2. The molecule has 0 radical (unpaired) electrons. The van der Waals surface area contributed by atoms with Gasteiger partial charge in [0.25, 0.3) is 0 Å². The molecule has 0 amide bonds. The number of fused-ring (bicyclic) bond motifs is 1. The summed E-state index contributed by atoms with van der Waals surface area (Å²) in [7, 11) is -0.688. The first kappa shape index (κ1) is 16.9. The minimum absolute atomic E-state index is 0.0828. The second-order valence-electron chi connectivity index (χ2n) is 8.12. The summed E-state index contributed by atoms with van der Waals surface area (Å²) < 4.78 is 5.17. The fourth-order valence-corrected chi connectivity index (χ4v) is 6.78. The van der Waals surface area contributed by atoms with Crippen LogP contribution in [0.5, 0.6) is 5.75 Å². The molecule has 2 fully saturated rings. The van der Waals surface area contributed by atoms with Crippen molar-refractivity contribution < 1.29 is 5.11 Å². The van der Waals surface area contributed by atoms with Gasteiger partial charge in [0.2, 0.25) is 0 Å². The highest BCUT2D eigenvalue weighted by Crippen LogP contribution is 2.56. The van der Waals surface area contributed by atoms with Crippen LogP contribution in [-0.4, -0.2) is 28.9 Å². The summed E-state index contributed by atoms with van der Waals surface area (Å²) in [5.74, 6) is 0.438. The lowest BCUT2D eigenvalue weighted by Crippen LogP contribution is -2.25. The molecule has 25 heavy (non-hydrogen) atoms. The van der Waals surface area contributed by atoms with Crippen molar-refractivity contribution in [1.82, 2.24) is 4.67 Å². The number of aromatic hydroxyl groups is 1.